The van der Waals surface area contributed by atoms with Gasteiger partial charge >= 0.3 is 0 Å². The molecule has 1 aliphatic rings. The molecule has 1 aliphatic carbocycles. The van der Waals surface area contributed by atoms with Gasteiger partial charge in [-0.25, -0.2) is 8.42 Å². The van der Waals surface area contributed by atoms with Crippen LogP contribution in [0.3, 0.4) is 0 Å². The summed E-state index contributed by atoms with van der Waals surface area (Å²) in [5.74, 6) is 2.66. The molecule has 0 radical (unpaired) electrons. The number of likely N-dealkylation sites (N-methyl/N-ethyl adjacent to an activating group) is 1. The van der Waals surface area contributed by atoms with Crippen LogP contribution in [-0.2, 0) is 20.0 Å². The Kier molecular flexibility index (Phi) is 5.71. The van der Waals surface area contributed by atoms with Crippen molar-refractivity contribution >= 4 is 15.7 Å². The number of terminal acetylenes is 1. The largest absolute Gasteiger partial charge is 0.341 e. The lowest BCUT2D eigenvalue weighted by atomic mass is 9.77. The van der Waals surface area contributed by atoms with Crippen molar-refractivity contribution in [3.63, 3.8) is 0 Å². The topological polar surface area (TPSA) is 54.5 Å². The van der Waals surface area contributed by atoms with Crippen LogP contribution in [0.2, 0.25) is 0 Å². The average molecular weight is 347 g/mol. The quantitative estimate of drug-likeness (QED) is 0.744. The Labute approximate surface area is 145 Å². The van der Waals surface area contributed by atoms with E-state index in [-0.39, 0.29) is 10.8 Å². The Morgan fingerprint density at radius 3 is 2.54 bits per heavy atom. The first-order valence-electron chi connectivity index (χ1n) is 8.38. The van der Waals surface area contributed by atoms with Crippen molar-refractivity contribution in [1.82, 2.24) is 4.90 Å². The third kappa shape index (κ3) is 3.64. The fraction of sp³-hybridized carbons (Fsp3) is 0.526. The second-order valence-corrected chi connectivity index (χ2v) is 8.44. The highest BCUT2D eigenvalue weighted by Gasteiger charge is 2.44. The van der Waals surface area contributed by atoms with Gasteiger partial charge in [-0.05, 0) is 37.5 Å². The fourth-order valence-corrected chi connectivity index (χ4v) is 4.20. The highest BCUT2D eigenvalue weighted by Crippen LogP contribution is 2.43. The van der Waals surface area contributed by atoms with Gasteiger partial charge < -0.3 is 4.90 Å². The maximum Gasteiger partial charge on any atom is 0.233 e. The van der Waals surface area contributed by atoms with E-state index in [0.29, 0.717) is 19.5 Å². The first-order chi connectivity index (χ1) is 11.3. The van der Waals surface area contributed by atoms with Gasteiger partial charge in [-0.1, -0.05) is 25.0 Å². The second kappa shape index (κ2) is 7.40. The van der Waals surface area contributed by atoms with Gasteiger partial charge in [-0.2, -0.15) is 0 Å². The van der Waals surface area contributed by atoms with Crippen LogP contribution < -0.4 is 0 Å². The van der Waals surface area contributed by atoms with Gasteiger partial charge in [0.2, 0.25) is 5.91 Å². The molecule has 1 amide bonds. The summed E-state index contributed by atoms with van der Waals surface area (Å²) in [7, 11) is -3.30. The number of sulfone groups is 1. The van der Waals surface area contributed by atoms with Gasteiger partial charge in [0, 0.05) is 25.8 Å². The predicted molar refractivity (Wildman–Crippen MR) is 95.4 cm³/mol. The molecule has 1 saturated carbocycles. The van der Waals surface area contributed by atoms with E-state index in [4.69, 9.17) is 6.42 Å². The van der Waals surface area contributed by atoms with E-state index in [1.165, 1.54) is 6.26 Å². The number of hydrogen-bond donors (Lipinski definition) is 0. The van der Waals surface area contributed by atoms with Gasteiger partial charge in [-0.3, -0.25) is 4.79 Å². The molecule has 1 aromatic rings. The van der Waals surface area contributed by atoms with Gasteiger partial charge in [0.1, 0.15) is 0 Å². The van der Waals surface area contributed by atoms with E-state index in [9.17, 15) is 13.2 Å². The number of rotatable bonds is 6. The minimum Gasteiger partial charge on any atom is -0.341 e. The Morgan fingerprint density at radius 1 is 1.33 bits per heavy atom. The Bertz CT molecular complexity index is 740. The number of nitrogens with zero attached hydrogens (tertiary/aromatic N) is 1. The summed E-state index contributed by atoms with van der Waals surface area (Å²) < 4.78 is 23.8. The molecule has 130 valence electrons. The van der Waals surface area contributed by atoms with Crippen LogP contribution in [-0.4, -0.2) is 38.6 Å². The molecule has 0 atom stereocenters. The smallest absolute Gasteiger partial charge is 0.233 e. The SMILES string of the molecule is C#CCCN(CC)C(=O)C1(c2cccc(S(C)(=O)=O)c2)CCCC1. The molecule has 5 heteroatoms. The van der Waals surface area contributed by atoms with Crippen molar-refractivity contribution in [2.45, 2.75) is 49.3 Å². The van der Waals surface area contributed by atoms with Crippen LogP contribution in [0.1, 0.15) is 44.6 Å². The third-order valence-electron chi connectivity index (χ3n) is 4.88. The highest BCUT2D eigenvalue weighted by molar-refractivity contribution is 7.90. The minimum absolute atomic E-state index is 0.0726. The Morgan fingerprint density at radius 2 is 2.00 bits per heavy atom. The lowest BCUT2D eigenvalue weighted by molar-refractivity contribution is -0.137. The average Bonchev–Trinajstić information content (AvgIpc) is 3.05. The summed E-state index contributed by atoms with van der Waals surface area (Å²) >= 11 is 0. The maximum atomic E-state index is 13.3. The first-order valence-corrected chi connectivity index (χ1v) is 10.3. The van der Waals surface area contributed by atoms with Gasteiger partial charge in [0.05, 0.1) is 10.3 Å². The zero-order chi connectivity index (χ0) is 17.8. The molecule has 0 aromatic heterocycles. The van der Waals surface area contributed by atoms with E-state index in [1.807, 2.05) is 13.0 Å². The molecule has 4 nitrogen and oxygen atoms in total. The van der Waals surface area contributed by atoms with Crippen LogP contribution in [0.15, 0.2) is 29.2 Å². The highest BCUT2D eigenvalue weighted by atomic mass is 32.2. The summed E-state index contributed by atoms with van der Waals surface area (Å²) in [5.41, 5.74) is 0.192. The van der Waals surface area contributed by atoms with Crippen LogP contribution in [0.25, 0.3) is 0 Å². The molecule has 24 heavy (non-hydrogen) atoms. The third-order valence-corrected chi connectivity index (χ3v) is 5.99. The molecule has 0 spiro atoms. The normalized spacial score (nSPS) is 16.5. The van der Waals surface area contributed by atoms with E-state index >= 15 is 0 Å². The molecular weight excluding hydrogens is 322 g/mol. The standard InChI is InChI=1S/C19H25NO3S/c1-4-6-14-20(5-2)18(21)19(12-7-8-13-19)16-10-9-11-17(15-16)24(3,22)23/h1,9-11,15H,5-8,12-14H2,2-3H3. The molecular formula is C19H25NO3S. The maximum absolute atomic E-state index is 13.3. The van der Waals surface area contributed by atoms with E-state index in [0.717, 1.165) is 31.2 Å². The Hall–Kier alpha value is -1.80. The van der Waals surface area contributed by atoms with E-state index in [1.54, 1.807) is 23.1 Å². The van der Waals surface area contributed by atoms with E-state index in [2.05, 4.69) is 5.92 Å². The van der Waals surface area contributed by atoms with Gasteiger partial charge in [0.15, 0.2) is 9.84 Å². The molecule has 0 aliphatic heterocycles. The van der Waals surface area contributed by atoms with Crippen LogP contribution >= 0.6 is 0 Å². The number of benzene rings is 1. The Balaban J connectivity index is 2.45. The molecule has 0 bridgehead atoms. The fourth-order valence-electron chi connectivity index (χ4n) is 3.53. The van der Waals surface area contributed by atoms with Crippen molar-refractivity contribution in [2.75, 3.05) is 19.3 Å². The van der Waals surface area contributed by atoms with E-state index < -0.39 is 15.3 Å². The summed E-state index contributed by atoms with van der Waals surface area (Å²) in [5, 5.41) is 0. The zero-order valence-electron chi connectivity index (χ0n) is 14.4. The lowest BCUT2D eigenvalue weighted by Crippen LogP contribution is -2.45. The second-order valence-electron chi connectivity index (χ2n) is 6.43. The lowest BCUT2D eigenvalue weighted by Gasteiger charge is -2.34. The molecule has 0 heterocycles. The van der Waals surface area contributed by atoms with Crippen molar-refractivity contribution in [1.29, 1.82) is 0 Å². The molecule has 1 aromatic carbocycles. The number of carbonyl (C=O) groups is 1. The summed E-state index contributed by atoms with van der Waals surface area (Å²) in [4.78, 5) is 15.3. The molecule has 0 saturated heterocycles. The van der Waals surface area contributed by atoms with Crippen molar-refractivity contribution in [3.8, 4) is 12.3 Å². The summed E-state index contributed by atoms with van der Waals surface area (Å²) in [6.07, 6.45) is 10.5. The van der Waals surface area contributed by atoms with Crippen molar-refractivity contribution in [2.24, 2.45) is 0 Å². The number of carbonyl (C=O) groups excluding carboxylic acids is 1. The molecule has 2 rings (SSSR count). The monoisotopic (exact) mass is 347 g/mol. The predicted octanol–water partition coefficient (Wildman–Crippen LogP) is 2.77. The van der Waals surface area contributed by atoms with Gasteiger partial charge in [-0.15, -0.1) is 12.3 Å². The molecule has 0 unspecified atom stereocenters. The van der Waals surface area contributed by atoms with Crippen LogP contribution in [0.4, 0.5) is 0 Å². The van der Waals surface area contributed by atoms with Crippen LogP contribution in [0.5, 0.6) is 0 Å². The number of hydrogen-bond acceptors (Lipinski definition) is 3. The van der Waals surface area contributed by atoms with Crippen molar-refractivity contribution < 1.29 is 13.2 Å². The zero-order valence-corrected chi connectivity index (χ0v) is 15.2. The number of amides is 1. The molecule has 1 fully saturated rings. The minimum atomic E-state index is -3.30. The summed E-state index contributed by atoms with van der Waals surface area (Å²) in [6.45, 7) is 3.09. The first kappa shape index (κ1) is 18.5. The summed E-state index contributed by atoms with van der Waals surface area (Å²) in [6, 6.07) is 6.87. The molecule has 0 N–H and O–H groups in total. The van der Waals surface area contributed by atoms with Crippen molar-refractivity contribution in [3.05, 3.63) is 29.8 Å². The van der Waals surface area contributed by atoms with Gasteiger partial charge in [0.25, 0.3) is 0 Å². The van der Waals surface area contributed by atoms with Crippen LogP contribution in [0, 0.1) is 12.3 Å².